The molecule has 1 saturated heterocycles. The molecule has 1 heterocycles. The van der Waals surface area contributed by atoms with E-state index in [0.717, 1.165) is 12.2 Å². The summed E-state index contributed by atoms with van der Waals surface area (Å²) in [4.78, 5) is 0. The van der Waals surface area contributed by atoms with Crippen LogP contribution in [0.4, 0.5) is 0 Å². The van der Waals surface area contributed by atoms with Gasteiger partial charge in [0.2, 0.25) is 0 Å². The summed E-state index contributed by atoms with van der Waals surface area (Å²) < 4.78 is 21.8. The van der Waals surface area contributed by atoms with Gasteiger partial charge in [0.15, 0.2) is 0 Å². The molecule has 84 valence electrons. The van der Waals surface area contributed by atoms with Crippen molar-refractivity contribution in [3.8, 4) is 0 Å². The molecule has 1 fully saturated rings. The first kappa shape index (κ1) is 12.3. The maximum atomic E-state index is 10.9. The molecule has 0 aromatic heterocycles. The highest BCUT2D eigenvalue weighted by atomic mass is 32.2. The molecular weight excluding hydrogens is 220 g/mol. The minimum absolute atomic E-state index is 0.189. The van der Waals surface area contributed by atoms with Crippen molar-refractivity contribution in [2.45, 2.75) is 37.0 Å². The van der Waals surface area contributed by atoms with Gasteiger partial charge in [-0.15, -0.1) is 0 Å². The topological polar surface area (TPSA) is 54.4 Å². The molecule has 0 bridgehead atoms. The van der Waals surface area contributed by atoms with E-state index in [1.54, 1.807) is 11.8 Å². The van der Waals surface area contributed by atoms with Gasteiger partial charge in [0, 0.05) is 23.0 Å². The van der Waals surface area contributed by atoms with Crippen LogP contribution in [0.3, 0.4) is 0 Å². The predicted octanol–water partition coefficient (Wildman–Crippen LogP) is 1.07. The minimum Gasteiger partial charge on any atom is -0.389 e. The molecule has 0 aromatic rings. The lowest BCUT2D eigenvalue weighted by atomic mass is 9.95. The molecule has 0 aliphatic carbocycles. The molecule has 0 aromatic carbocycles. The summed E-state index contributed by atoms with van der Waals surface area (Å²) in [7, 11) is -2.87. The Morgan fingerprint density at radius 2 is 2.21 bits per heavy atom. The summed E-state index contributed by atoms with van der Waals surface area (Å²) in [6, 6.07) is 0. The highest BCUT2D eigenvalue weighted by molar-refractivity contribution is 8.00. The van der Waals surface area contributed by atoms with Gasteiger partial charge in [-0.3, -0.25) is 0 Å². The fraction of sp³-hybridized carbons (Fsp3) is 1.00. The van der Waals surface area contributed by atoms with Crippen molar-refractivity contribution in [1.29, 1.82) is 0 Å². The zero-order chi connectivity index (χ0) is 10.8. The van der Waals surface area contributed by atoms with Gasteiger partial charge >= 0.3 is 0 Å². The normalized spacial score (nSPS) is 33.5. The summed E-state index contributed by atoms with van der Waals surface area (Å²) in [5.74, 6) is 0.937. The van der Waals surface area contributed by atoms with E-state index >= 15 is 0 Å². The molecule has 5 heteroatoms. The van der Waals surface area contributed by atoms with Crippen LogP contribution in [-0.2, 0) is 9.84 Å². The molecule has 1 aliphatic rings. The third kappa shape index (κ3) is 4.19. The van der Waals surface area contributed by atoms with Crippen LogP contribution in [0, 0.1) is 0 Å². The van der Waals surface area contributed by atoms with Crippen molar-refractivity contribution in [3.05, 3.63) is 0 Å². The summed E-state index contributed by atoms with van der Waals surface area (Å²) in [6.07, 6.45) is 3.21. The number of rotatable bonds is 4. The molecule has 14 heavy (non-hydrogen) atoms. The monoisotopic (exact) mass is 238 g/mol. The standard InChI is InChI=1S/C9H18O3S2/c1-8-6-9(10,7-13-8)4-3-5-14(2,11)12/h8,10H,3-7H2,1-2H3. The summed E-state index contributed by atoms with van der Waals surface area (Å²) in [5.41, 5.74) is -0.616. The molecule has 0 saturated carbocycles. The molecule has 1 rings (SSSR count). The van der Waals surface area contributed by atoms with Crippen LogP contribution in [0.15, 0.2) is 0 Å². The van der Waals surface area contributed by atoms with Gasteiger partial charge in [0.1, 0.15) is 9.84 Å². The van der Waals surface area contributed by atoms with Gasteiger partial charge in [0.25, 0.3) is 0 Å². The molecule has 1 N–H and O–H groups in total. The molecule has 0 amide bonds. The van der Waals surface area contributed by atoms with Gasteiger partial charge in [0.05, 0.1) is 5.60 Å². The van der Waals surface area contributed by atoms with Crippen molar-refractivity contribution < 1.29 is 13.5 Å². The maximum Gasteiger partial charge on any atom is 0.147 e. The number of sulfone groups is 1. The van der Waals surface area contributed by atoms with Gasteiger partial charge in [-0.25, -0.2) is 8.42 Å². The smallest absolute Gasteiger partial charge is 0.147 e. The Balaban J connectivity index is 2.31. The van der Waals surface area contributed by atoms with E-state index in [4.69, 9.17) is 0 Å². The number of thioether (sulfide) groups is 1. The maximum absolute atomic E-state index is 10.9. The Morgan fingerprint density at radius 3 is 2.64 bits per heavy atom. The molecular formula is C9H18O3S2. The largest absolute Gasteiger partial charge is 0.389 e. The average Bonchev–Trinajstić information content (AvgIpc) is 2.28. The number of aliphatic hydroxyl groups is 1. The van der Waals surface area contributed by atoms with E-state index in [1.165, 1.54) is 6.26 Å². The van der Waals surface area contributed by atoms with E-state index < -0.39 is 15.4 Å². The highest BCUT2D eigenvalue weighted by Gasteiger charge is 2.35. The first-order valence-electron chi connectivity index (χ1n) is 4.82. The van der Waals surface area contributed by atoms with Gasteiger partial charge < -0.3 is 5.11 Å². The Morgan fingerprint density at radius 1 is 1.57 bits per heavy atom. The number of hydrogen-bond donors (Lipinski definition) is 1. The van der Waals surface area contributed by atoms with Gasteiger partial charge in [-0.1, -0.05) is 6.92 Å². The second-order valence-electron chi connectivity index (χ2n) is 4.28. The van der Waals surface area contributed by atoms with Crippen LogP contribution < -0.4 is 0 Å². The fourth-order valence-electron chi connectivity index (χ4n) is 1.79. The van der Waals surface area contributed by atoms with E-state index in [0.29, 0.717) is 18.1 Å². The van der Waals surface area contributed by atoms with E-state index in [9.17, 15) is 13.5 Å². The Hall–Kier alpha value is 0.260. The Bertz CT molecular complexity index is 286. The summed E-state index contributed by atoms with van der Waals surface area (Å²) in [5, 5.41) is 10.5. The van der Waals surface area contributed by atoms with Crippen molar-refractivity contribution in [2.75, 3.05) is 17.8 Å². The minimum atomic E-state index is -2.87. The lowest BCUT2D eigenvalue weighted by molar-refractivity contribution is 0.0542. The molecule has 0 spiro atoms. The van der Waals surface area contributed by atoms with E-state index in [-0.39, 0.29) is 5.75 Å². The van der Waals surface area contributed by atoms with Crippen molar-refractivity contribution in [3.63, 3.8) is 0 Å². The summed E-state index contributed by atoms with van der Waals surface area (Å²) >= 11 is 1.76. The van der Waals surface area contributed by atoms with Gasteiger partial charge in [-0.05, 0) is 19.3 Å². The van der Waals surface area contributed by atoms with Crippen molar-refractivity contribution in [1.82, 2.24) is 0 Å². The fourth-order valence-corrected chi connectivity index (χ4v) is 3.74. The highest BCUT2D eigenvalue weighted by Crippen LogP contribution is 2.37. The molecule has 1 aliphatic heterocycles. The first-order chi connectivity index (χ1) is 6.31. The lowest BCUT2D eigenvalue weighted by Crippen LogP contribution is -2.29. The second kappa shape index (κ2) is 4.41. The van der Waals surface area contributed by atoms with Crippen LogP contribution in [0.25, 0.3) is 0 Å². The predicted molar refractivity (Wildman–Crippen MR) is 60.4 cm³/mol. The summed E-state index contributed by atoms with van der Waals surface area (Å²) in [6.45, 7) is 2.10. The zero-order valence-electron chi connectivity index (χ0n) is 8.69. The van der Waals surface area contributed by atoms with Crippen LogP contribution >= 0.6 is 11.8 Å². The molecule has 2 unspecified atom stereocenters. The molecule has 3 nitrogen and oxygen atoms in total. The third-order valence-corrected chi connectivity index (χ3v) is 4.93. The SMILES string of the molecule is CC1CC(O)(CCCS(C)(=O)=O)CS1. The molecule has 0 radical (unpaired) electrons. The van der Waals surface area contributed by atoms with Crippen molar-refractivity contribution in [2.24, 2.45) is 0 Å². The van der Waals surface area contributed by atoms with Gasteiger partial charge in [-0.2, -0.15) is 11.8 Å². The van der Waals surface area contributed by atoms with Crippen LogP contribution in [0.2, 0.25) is 0 Å². The first-order valence-corrected chi connectivity index (χ1v) is 7.93. The Labute approximate surface area is 90.2 Å². The van der Waals surface area contributed by atoms with E-state index in [1.807, 2.05) is 0 Å². The van der Waals surface area contributed by atoms with Crippen LogP contribution in [-0.4, -0.2) is 42.1 Å². The van der Waals surface area contributed by atoms with Crippen LogP contribution in [0.5, 0.6) is 0 Å². The average molecular weight is 238 g/mol. The zero-order valence-corrected chi connectivity index (χ0v) is 10.3. The Kier molecular flexibility index (Phi) is 3.88. The van der Waals surface area contributed by atoms with Crippen molar-refractivity contribution >= 4 is 21.6 Å². The third-order valence-electron chi connectivity index (χ3n) is 2.46. The quantitative estimate of drug-likeness (QED) is 0.796. The molecule has 2 atom stereocenters. The number of hydrogen-bond acceptors (Lipinski definition) is 4. The second-order valence-corrected chi connectivity index (χ2v) is 7.97. The van der Waals surface area contributed by atoms with Crippen LogP contribution in [0.1, 0.15) is 26.2 Å². The lowest BCUT2D eigenvalue weighted by Gasteiger charge is -2.20. The van der Waals surface area contributed by atoms with E-state index in [2.05, 4.69) is 6.92 Å².